The lowest BCUT2D eigenvalue weighted by Gasteiger charge is -2.08. The molecule has 5 heteroatoms. The fraction of sp³-hybridized carbons (Fsp3) is 0.400. The van der Waals surface area contributed by atoms with Gasteiger partial charge in [-0.2, -0.15) is 9.61 Å². The Labute approximate surface area is 87.9 Å². The molecular weight excluding hydrogens is 192 g/mol. The molecule has 0 saturated heterocycles. The van der Waals surface area contributed by atoms with Crippen LogP contribution in [0.25, 0.3) is 5.65 Å². The van der Waals surface area contributed by atoms with Gasteiger partial charge in [-0.15, -0.1) is 0 Å². The van der Waals surface area contributed by atoms with E-state index in [-0.39, 0.29) is 0 Å². The molecule has 0 saturated carbocycles. The van der Waals surface area contributed by atoms with E-state index in [4.69, 9.17) is 10.5 Å². The zero-order chi connectivity index (χ0) is 11.2. The summed E-state index contributed by atoms with van der Waals surface area (Å²) >= 11 is 0. The molecular formula is C10H14N4O. The van der Waals surface area contributed by atoms with Gasteiger partial charge in [0, 0.05) is 11.3 Å². The molecule has 5 nitrogen and oxygen atoms in total. The molecule has 2 aromatic rings. The van der Waals surface area contributed by atoms with Crippen LogP contribution in [-0.2, 0) is 0 Å². The van der Waals surface area contributed by atoms with Crippen molar-refractivity contribution in [1.82, 2.24) is 14.6 Å². The lowest BCUT2D eigenvalue weighted by molar-refractivity contribution is 0.380. The fourth-order valence-electron chi connectivity index (χ4n) is 1.57. The van der Waals surface area contributed by atoms with Crippen molar-refractivity contribution in [2.75, 3.05) is 12.8 Å². The zero-order valence-corrected chi connectivity index (χ0v) is 9.33. The molecule has 2 aromatic heterocycles. The standard InChI is InChI=1S/C10H14N4O/c1-5-6(2)12-9-8(11)7(3)13-14(9)10(5)15-4/h11H2,1-4H3. The van der Waals surface area contributed by atoms with Crippen LogP contribution in [0.1, 0.15) is 17.0 Å². The van der Waals surface area contributed by atoms with Crippen LogP contribution in [0.3, 0.4) is 0 Å². The Morgan fingerprint density at radius 3 is 2.47 bits per heavy atom. The number of nitrogen functional groups attached to an aromatic ring is 1. The summed E-state index contributed by atoms with van der Waals surface area (Å²) < 4.78 is 6.96. The van der Waals surface area contributed by atoms with Crippen LogP contribution in [0.4, 0.5) is 5.69 Å². The number of aryl methyl sites for hydroxylation is 2. The fourth-order valence-corrected chi connectivity index (χ4v) is 1.57. The summed E-state index contributed by atoms with van der Waals surface area (Å²) in [7, 11) is 1.62. The van der Waals surface area contributed by atoms with E-state index in [0.717, 1.165) is 17.0 Å². The summed E-state index contributed by atoms with van der Waals surface area (Å²) in [4.78, 5) is 4.40. The van der Waals surface area contributed by atoms with Gasteiger partial charge in [0.25, 0.3) is 0 Å². The van der Waals surface area contributed by atoms with Crippen molar-refractivity contribution in [3.63, 3.8) is 0 Å². The summed E-state index contributed by atoms with van der Waals surface area (Å²) in [6.07, 6.45) is 0. The summed E-state index contributed by atoms with van der Waals surface area (Å²) in [6, 6.07) is 0. The Morgan fingerprint density at radius 2 is 1.87 bits per heavy atom. The largest absolute Gasteiger partial charge is 0.481 e. The smallest absolute Gasteiger partial charge is 0.221 e. The summed E-state index contributed by atoms with van der Waals surface area (Å²) in [5.74, 6) is 0.692. The lowest BCUT2D eigenvalue weighted by atomic mass is 10.2. The van der Waals surface area contributed by atoms with Crippen molar-refractivity contribution in [1.29, 1.82) is 0 Å². The first-order valence-corrected chi connectivity index (χ1v) is 4.72. The third-order valence-corrected chi connectivity index (χ3v) is 2.60. The van der Waals surface area contributed by atoms with Gasteiger partial charge in [-0.1, -0.05) is 0 Å². The number of hydrogen-bond donors (Lipinski definition) is 1. The van der Waals surface area contributed by atoms with Crippen molar-refractivity contribution in [3.05, 3.63) is 17.0 Å². The lowest BCUT2D eigenvalue weighted by Crippen LogP contribution is -2.03. The van der Waals surface area contributed by atoms with Crippen molar-refractivity contribution < 1.29 is 4.74 Å². The Kier molecular flexibility index (Phi) is 2.03. The Hall–Kier alpha value is -1.78. The molecule has 0 fully saturated rings. The summed E-state index contributed by atoms with van der Waals surface area (Å²) in [5.41, 5.74) is 9.80. The van der Waals surface area contributed by atoms with Crippen LogP contribution in [0.15, 0.2) is 0 Å². The van der Waals surface area contributed by atoms with Gasteiger partial charge in [0.1, 0.15) is 5.69 Å². The molecule has 0 unspecified atom stereocenters. The van der Waals surface area contributed by atoms with Gasteiger partial charge in [0.15, 0.2) is 5.65 Å². The van der Waals surface area contributed by atoms with E-state index in [0.29, 0.717) is 17.2 Å². The van der Waals surface area contributed by atoms with E-state index >= 15 is 0 Å². The minimum absolute atomic E-state index is 0.608. The normalized spacial score (nSPS) is 10.9. The average molecular weight is 206 g/mol. The summed E-state index contributed by atoms with van der Waals surface area (Å²) in [5, 5.41) is 4.29. The van der Waals surface area contributed by atoms with E-state index in [1.807, 2.05) is 20.8 Å². The van der Waals surface area contributed by atoms with E-state index in [9.17, 15) is 0 Å². The van der Waals surface area contributed by atoms with Gasteiger partial charge < -0.3 is 10.5 Å². The Bertz CT molecular complexity index is 530. The molecule has 0 bridgehead atoms. The van der Waals surface area contributed by atoms with Crippen LogP contribution in [-0.4, -0.2) is 21.7 Å². The van der Waals surface area contributed by atoms with Crippen LogP contribution < -0.4 is 10.5 Å². The minimum Gasteiger partial charge on any atom is -0.481 e. The van der Waals surface area contributed by atoms with Crippen LogP contribution in [0.2, 0.25) is 0 Å². The molecule has 0 aliphatic heterocycles. The van der Waals surface area contributed by atoms with Gasteiger partial charge in [-0.3, -0.25) is 0 Å². The quantitative estimate of drug-likeness (QED) is 0.762. The van der Waals surface area contributed by atoms with E-state index in [1.54, 1.807) is 11.6 Å². The second-order valence-corrected chi connectivity index (χ2v) is 3.57. The molecule has 0 amide bonds. The number of methoxy groups -OCH3 is 1. The molecule has 2 heterocycles. The molecule has 0 radical (unpaired) electrons. The molecule has 2 rings (SSSR count). The molecule has 80 valence electrons. The van der Waals surface area contributed by atoms with E-state index < -0.39 is 0 Å². The minimum atomic E-state index is 0.608. The highest BCUT2D eigenvalue weighted by Crippen LogP contribution is 2.25. The Morgan fingerprint density at radius 1 is 1.20 bits per heavy atom. The maximum Gasteiger partial charge on any atom is 0.221 e. The monoisotopic (exact) mass is 206 g/mol. The number of nitrogens with zero attached hydrogens (tertiary/aromatic N) is 3. The average Bonchev–Trinajstić information content (AvgIpc) is 2.47. The van der Waals surface area contributed by atoms with E-state index in [2.05, 4.69) is 10.1 Å². The van der Waals surface area contributed by atoms with Crippen LogP contribution in [0, 0.1) is 20.8 Å². The predicted molar refractivity (Wildman–Crippen MR) is 58.2 cm³/mol. The maximum atomic E-state index is 5.88. The number of hydrogen-bond acceptors (Lipinski definition) is 4. The molecule has 0 spiro atoms. The highest BCUT2D eigenvalue weighted by atomic mass is 16.5. The number of ether oxygens (including phenoxy) is 1. The number of rotatable bonds is 1. The second-order valence-electron chi connectivity index (χ2n) is 3.57. The Balaban J connectivity index is 2.94. The highest BCUT2D eigenvalue weighted by Gasteiger charge is 2.14. The third-order valence-electron chi connectivity index (χ3n) is 2.60. The van der Waals surface area contributed by atoms with Crippen molar-refractivity contribution in [3.8, 4) is 5.88 Å². The topological polar surface area (TPSA) is 65.4 Å². The number of fused-ring (bicyclic) bond motifs is 1. The van der Waals surface area contributed by atoms with Gasteiger partial charge in [0.05, 0.1) is 12.8 Å². The molecule has 0 atom stereocenters. The van der Waals surface area contributed by atoms with Crippen LogP contribution in [0.5, 0.6) is 5.88 Å². The van der Waals surface area contributed by atoms with Crippen molar-refractivity contribution >= 4 is 11.3 Å². The highest BCUT2D eigenvalue weighted by molar-refractivity contribution is 5.68. The first-order chi connectivity index (χ1) is 7.06. The van der Waals surface area contributed by atoms with Gasteiger partial charge in [-0.25, -0.2) is 4.98 Å². The number of nitrogens with two attached hydrogens (primary N) is 1. The third kappa shape index (κ3) is 1.23. The maximum absolute atomic E-state index is 5.88. The van der Waals surface area contributed by atoms with Gasteiger partial charge in [-0.05, 0) is 20.8 Å². The van der Waals surface area contributed by atoms with Crippen molar-refractivity contribution in [2.45, 2.75) is 20.8 Å². The number of anilines is 1. The molecule has 15 heavy (non-hydrogen) atoms. The molecule has 2 N–H and O–H groups in total. The first kappa shape index (κ1) is 9.76. The van der Waals surface area contributed by atoms with E-state index in [1.165, 1.54) is 0 Å². The van der Waals surface area contributed by atoms with Crippen molar-refractivity contribution in [2.24, 2.45) is 0 Å². The number of aromatic nitrogens is 3. The van der Waals surface area contributed by atoms with Gasteiger partial charge >= 0.3 is 0 Å². The molecule has 0 aliphatic carbocycles. The summed E-state index contributed by atoms with van der Waals surface area (Å²) in [6.45, 7) is 5.74. The second kappa shape index (κ2) is 3.12. The van der Waals surface area contributed by atoms with Gasteiger partial charge in [0.2, 0.25) is 5.88 Å². The molecule has 0 aromatic carbocycles. The van der Waals surface area contributed by atoms with Crippen LogP contribution >= 0.6 is 0 Å². The SMILES string of the molecule is COc1c(C)c(C)nc2c(N)c(C)nn12. The first-order valence-electron chi connectivity index (χ1n) is 4.72. The molecule has 0 aliphatic rings. The zero-order valence-electron chi connectivity index (χ0n) is 9.33. The predicted octanol–water partition coefficient (Wildman–Crippen LogP) is 1.25.